The van der Waals surface area contributed by atoms with Crippen molar-refractivity contribution >= 4 is 17.7 Å². The van der Waals surface area contributed by atoms with E-state index in [1.807, 2.05) is 0 Å². The molecule has 1 N–H and O–H groups in total. The fourth-order valence-electron chi connectivity index (χ4n) is 3.20. The van der Waals surface area contributed by atoms with Crippen molar-refractivity contribution in [3.63, 3.8) is 0 Å². The van der Waals surface area contributed by atoms with Crippen LogP contribution in [0.1, 0.15) is 25.0 Å². The molecule has 124 valence electrons. The minimum atomic E-state index is -1.64. The van der Waals surface area contributed by atoms with E-state index in [2.05, 4.69) is 4.98 Å². The third-order valence-electron chi connectivity index (χ3n) is 4.21. The molecule has 2 rings (SSSR count). The third kappa shape index (κ3) is 3.10. The average Bonchev–Trinajstić information content (AvgIpc) is 2.52. The Morgan fingerprint density at radius 2 is 1.91 bits per heavy atom. The van der Waals surface area contributed by atoms with Crippen molar-refractivity contribution in [2.45, 2.75) is 24.9 Å². The first-order valence-corrected chi connectivity index (χ1v) is 7.15. The van der Waals surface area contributed by atoms with Crippen LogP contribution in [-0.4, -0.2) is 47.6 Å². The molecule has 0 unspecified atom stereocenters. The summed E-state index contributed by atoms with van der Waals surface area (Å²) in [5.41, 5.74) is -1.29. The number of Topliss-reactive ketones (excluding diaryl/α,β-unsaturated/α-hetero) is 1. The number of hydrogen-bond donors (Lipinski definition) is 1. The van der Waals surface area contributed by atoms with Crippen molar-refractivity contribution in [2.75, 3.05) is 14.2 Å². The second-order valence-electron chi connectivity index (χ2n) is 5.78. The minimum absolute atomic E-state index is 0.337. The first-order valence-electron chi connectivity index (χ1n) is 7.15. The van der Waals surface area contributed by atoms with Gasteiger partial charge in [0.1, 0.15) is 5.92 Å². The predicted molar refractivity (Wildman–Crippen MR) is 78.2 cm³/mol. The van der Waals surface area contributed by atoms with E-state index in [9.17, 15) is 19.5 Å². The number of carbonyl (C=O) groups excluding carboxylic acids is 3. The van der Waals surface area contributed by atoms with E-state index < -0.39 is 41.1 Å². The Bertz CT molecular complexity index is 612. The third-order valence-corrected chi connectivity index (χ3v) is 4.21. The lowest BCUT2D eigenvalue weighted by Gasteiger charge is -2.42. The summed E-state index contributed by atoms with van der Waals surface area (Å²) in [6.45, 7) is 1.38. The minimum Gasteiger partial charge on any atom is -0.469 e. The van der Waals surface area contributed by atoms with Crippen LogP contribution >= 0.6 is 0 Å². The van der Waals surface area contributed by atoms with Crippen LogP contribution in [0.3, 0.4) is 0 Å². The SMILES string of the molecule is COC(=O)[C@@H]1C(=O)C[C@](C)(O)[C@H](C(=O)OC)[C@H]1c1ccccn1. The summed E-state index contributed by atoms with van der Waals surface area (Å²) in [6.07, 6.45) is 1.15. The molecule has 23 heavy (non-hydrogen) atoms. The van der Waals surface area contributed by atoms with Gasteiger partial charge in [-0.15, -0.1) is 0 Å². The molecule has 1 saturated carbocycles. The molecule has 1 aromatic rings. The molecule has 0 aromatic carbocycles. The van der Waals surface area contributed by atoms with Gasteiger partial charge in [-0.3, -0.25) is 19.4 Å². The largest absolute Gasteiger partial charge is 0.469 e. The van der Waals surface area contributed by atoms with Crippen LogP contribution in [0, 0.1) is 11.8 Å². The Morgan fingerprint density at radius 1 is 1.26 bits per heavy atom. The Balaban J connectivity index is 2.61. The van der Waals surface area contributed by atoms with Gasteiger partial charge in [0.25, 0.3) is 0 Å². The van der Waals surface area contributed by atoms with Gasteiger partial charge in [0.2, 0.25) is 0 Å². The topological polar surface area (TPSA) is 103 Å². The van der Waals surface area contributed by atoms with Gasteiger partial charge in [-0.1, -0.05) is 6.07 Å². The first kappa shape index (κ1) is 17.1. The predicted octanol–water partition coefficient (Wildman–Crippen LogP) is 0.467. The lowest BCUT2D eigenvalue weighted by atomic mass is 9.62. The molecule has 4 atom stereocenters. The number of pyridine rings is 1. The van der Waals surface area contributed by atoms with Gasteiger partial charge in [-0.25, -0.2) is 0 Å². The van der Waals surface area contributed by atoms with Crippen LogP contribution in [0.2, 0.25) is 0 Å². The highest BCUT2D eigenvalue weighted by molar-refractivity contribution is 6.02. The normalized spacial score (nSPS) is 30.6. The van der Waals surface area contributed by atoms with Crippen LogP contribution in [-0.2, 0) is 23.9 Å². The number of nitrogens with zero attached hydrogens (tertiary/aromatic N) is 1. The number of ketones is 1. The number of carbonyl (C=O) groups is 3. The number of methoxy groups -OCH3 is 2. The summed E-state index contributed by atoms with van der Waals surface area (Å²) in [6, 6.07) is 4.95. The molecule has 0 aliphatic heterocycles. The maximum atomic E-state index is 12.4. The van der Waals surface area contributed by atoms with Crippen LogP contribution in [0.15, 0.2) is 24.4 Å². The Labute approximate surface area is 133 Å². The summed E-state index contributed by atoms with van der Waals surface area (Å²) < 4.78 is 9.50. The van der Waals surface area contributed by atoms with E-state index in [0.29, 0.717) is 5.69 Å². The summed E-state index contributed by atoms with van der Waals surface area (Å²) in [7, 11) is 2.36. The van der Waals surface area contributed by atoms with Gasteiger partial charge in [0.15, 0.2) is 5.78 Å². The highest BCUT2D eigenvalue weighted by Gasteiger charge is 2.57. The van der Waals surface area contributed by atoms with Gasteiger partial charge in [-0.2, -0.15) is 0 Å². The summed E-state index contributed by atoms with van der Waals surface area (Å²) in [5.74, 6) is -5.21. The number of aliphatic hydroxyl groups is 1. The van der Waals surface area contributed by atoms with Gasteiger partial charge in [-0.05, 0) is 19.1 Å². The van der Waals surface area contributed by atoms with Crippen molar-refractivity contribution in [3.05, 3.63) is 30.1 Å². The lowest BCUT2D eigenvalue weighted by Crippen LogP contribution is -2.55. The molecule has 0 bridgehead atoms. The molecule has 7 nitrogen and oxygen atoms in total. The summed E-state index contributed by atoms with van der Waals surface area (Å²) >= 11 is 0. The second kappa shape index (κ2) is 6.45. The molecule has 1 aliphatic rings. The van der Waals surface area contributed by atoms with Crippen molar-refractivity contribution < 1.29 is 29.0 Å². The highest BCUT2D eigenvalue weighted by atomic mass is 16.5. The van der Waals surface area contributed by atoms with E-state index in [1.165, 1.54) is 27.3 Å². The Hall–Kier alpha value is -2.28. The monoisotopic (exact) mass is 321 g/mol. The number of ether oxygens (including phenoxy) is 2. The van der Waals surface area contributed by atoms with Gasteiger partial charge < -0.3 is 14.6 Å². The van der Waals surface area contributed by atoms with E-state index in [4.69, 9.17) is 9.47 Å². The Morgan fingerprint density at radius 3 is 2.43 bits per heavy atom. The molecule has 0 amide bonds. The smallest absolute Gasteiger partial charge is 0.316 e. The molecule has 0 radical (unpaired) electrons. The van der Waals surface area contributed by atoms with Gasteiger partial charge in [0, 0.05) is 24.2 Å². The van der Waals surface area contributed by atoms with Crippen LogP contribution in [0.4, 0.5) is 0 Å². The van der Waals surface area contributed by atoms with E-state index >= 15 is 0 Å². The molecule has 1 aliphatic carbocycles. The maximum Gasteiger partial charge on any atom is 0.316 e. The maximum absolute atomic E-state index is 12.4. The molecule has 1 heterocycles. The van der Waals surface area contributed by atoms with Crippen molar-refractivity contribution in [2.24, 2.45) is 11.8 Å². The molecule has 0 saturated heterocycles. The van der Waals surface area contributed by atoms with E-state index in [-0.39, 0.29) is 6.42 Å². The van der Waals surface area contributed by atoms with Crippen molar-refractivity contribution in [1.29, 1.82) is 0 Å². The molecular formula is C16H19NO6. The quantitative estimate of drug-likeness (QED) is 0.637. The average molecular weight is 321 g/mol. The molecular weight excluding hydrogens is 302 g/mol. The fourth-order valence-corrected chi connectivity index (χ4v) is 3.20. The van der Waals surface area contributed by atoms with Gasteiger partial charge in [0.05, 0.1) is 25.7 Å². The van der Waals surface area contributed by atoms with Crippen molar-refractivity contribution in [3.8, 4) is 0 Å². The molecule has 0 spiro atoms. The summed E-state index contributed by atoms with van der Waals surface area (Å²) in [4.78, 5) is 40.9. The lowest BCUT2D eigenvalue weighted by molar-refractivity contribution is -0.170. The summed E-state index contributed by atoms with van der Waals surface area (Å²) in [5, 5.41) is 10.6. The zero-order valence-electron chi connectivity index (χ0n) is 13.2. The van der Waals surface area contributed by atoms with E-state index in [0.717, 1.165) is 0 Å². The fraction of sp³-hybridized carbons (Fsp3) is 0.500. The molecule has 1 aromatic heterocycles. The Kier molecular flexibility index (Phi) is 4.79. The van der Waals surface area contributed by atoms with Crippen LogP contribution in [0.5, 0.6) is 0 Å². The van der Waals surface area contributed by atoms with E-state index in [1.54, 1.807) is 18.2 Å². The number of aromatic nitrogens is 1. The highest BCUT2D eigenvalue weighted by Crippen LogP contribution is 2.45. The molecule has 1 fully saturated rings. The van der Waals surface area contributed by atoms with Gasteiger partial charge >= 0.3 is 11.9 Å². The number of esters is 2. The first-order chi connectivity index (χ1) is 10.8. The molecule has 7 heteroatoms. The zero-order valence-corrected chi connectivity index (χ0v) is 13.2. The number of hydrogen-bond acceptors (Lipinski definition) is 7. The standard InChI is InChI=1S/C16H19NO6/c1-16(21)8-10(18)12(14(19)22-2)11(13(16)15(20)23-3)9-6-4-5-7-17-9/h4-7,11-13,21H,8H2,1-3H3/t11-,12+,13-,16-/m0/s1. The van der Waals surface area contributed by atoms with Crippen molar-refractivity contribution in [1.82, 2.24) is 4.98 Å². The van der Waals surface area contributed by atoms with Crippen LogP contribution < -0.4 is 0 Å². The zero-order chi connectivity index (χ0) is 17.2. The van der Waals surface area contributed by atoms with Crippen LogP contribution in [0.25, 0.3) is 0 Å². The number of rotatable bonds is 3. The second-order valence-corrected chi connectivity index (χ2v) is 5.78.